The lowest BCUT2D eigenvalue weighted by molar-refractivity contribution is -0.142. The van der Waals surface area contributed by atoms with E-state index in [9.17, 15) is 9.59 Å². The molecule has 18 heavy (non-hydrogen) atoms. The van der Waals surface area contributed by atoms with Gasteiger partial charge in [-0.1, -0.05) is 18.2 Å². The Morgan fingerprint density at radius 1 is 1.33 bits per heavy atom. The zero-order chi connectivity index (χ0) is 13.5. The number of ether oxygens (including phenoxy) is 1. The quantitative estimate of drug-likeness (QED) is 0.453. The number of carbonyl (C=O) groups is 2. The van der Waals surface area contributed by atoms with Crippen molar-refractivity contribution >= 4 is 23.4 Å². The number of Topliss-reactive ketones (excluding diaryl/α,β-unsaturated/α-hetero) is 1. The van der Waals surface area contributed by atoms with Crippen molar-refractivity contribution < 1.29 is 14.3 Å². The van der Waals surface area contributed by atoms with Crippen LogP contribution in [0.3, 0.4) is 0 Å². The molecule has 1 aromatic carbocycles. The highest BCUT2D eigenvalue weighted by Gasteiger charge is 2.13. The number of hydrogen-bond donors (Lipinski definition) is 0. The molecule has 3 nitrogen and oxygen atoms in total. The monoisotopic (exact) mass is 268 g/mol. The topological polar surface area (TPSA) is 43.4 Å². The van der Waals surface area contributed by atoms with Gasteiger partial charge in [-0.25, -0.2) is 0 Å². The molecule has 0 spiro atoms. The average Bonchev–Trinajstić information content (AvgIpc) is 2.32. The van der Waals surface area contributed by atoms with Gasteiger partial charge in [0.05, 0.1) is 13.0 Å². The summed E-state index contributed by atoms with van der Waals surface area (Å²) in [5, 5.41) is 0. The van der Waals surface area contributed by atoms with Crippen molar-refractivity contribution in [3.8, 4) is 0 Å². The van der Waals surface area contributed by atoms with Gasteiger partial charge in [-0.3, -0.25) is 9.59 Å². The summed E-state index contributed by atoms with van der Waals surface area (Å²) < 4.78 is 4.90. The first-order chi connectivity index (χ1) is 8.60. The Morgan fingerprint density at radius 2 is 2.06 bits per heavy atom. The highest BCUT2D eigenvalue weighted by Crippen LogP contribution is 2.17. The van der Waals surface area contributed by atoms with Crippen molar-refractivity contribution in [2.75, 3.05) is 12.5 Å². The first kappa shape index (κ1) is 14.7. The number of esters is 1. The predicted molar refractivity (Wildman–Crippen MR) is 71.2 cm³/mol. The molecule has 0 atom stereocenters. The minimum Gasteiger partial charge on any atom is -0.466 e. The van der Waals surface area contributed by atoms with Crippen molar-refractivity contribution in [2.24, 2.45) is 0 Å². The fourth-order valence-electron chi connectivity index (χ4n) is 1.77. The average molecular weight is 269 g/mol. The maximum atomic E-state index is 11.8. The van der Waals surface area contributed by atoms with Gasteiger partial charge in [-0.15, -0.1) is 11.6 Å². The summed E-state index contributed by atoms with van der Waals surface area (Å²) in [6.07, 6.45) is 0.507. The van der Waals surface area contributed by atoms with E-state index in [-0.39, 0.29) is 18.2 Å². The number of rotatable bonds is 6. The van der Waals surface area contributed by atoms with Crippen LogP contribution in [0.15, 0.2) is 18.2 Å². The van der Waals surface area contributed by atoms with Crippen LogP contribution in [0.4, 0.5) is 0 Å². The zero-order valence-corrected chi connectivity index (χ0v) is 11.4. The van der Waals surface area contributed by atoms with Crippen molar-refractivity contribution in [3.63, 3.8) is 0 Å². The maximum absolute atomic E-state index is 11.8. The highest BCUT2D eigenvalue weighted by atomic mass is 35.5. The maximum Gasteiger partial charge on any atom is 0.310 e. The van der Waals surface area contributed by atoms with E-state index in [4.69, 9.17) is 16.3 Å². The van der Waals surface area contributed by atoms with E-state index in [0.29, 0.717) is 24.5 Å². The van der Waals surface area contributed by atoms with Crippen molar-refractivity contribution in [1.29, 1.82) is 0 Å². The van der Waals surface area contributed by atoms with E-state index in [1.165, 1.54) is 0 Å². The molecule has 0 aromatic heterocycles. The Morgan fingerprint density at radius 3 is 2.67 bits per heavy atom. The molecule has 0 aliphatic heterocycles. The fourth-order valence-corrected chi connectivity index (χ4v) is 1.94. The molecular weight excluding hydrogens is 252 g/mol. The number of alkyl halides is 1. The van der Waals surface area contributed by atoms with Gasteiger partial charge in [0, 0.05) is 17.9 Å². The SMILES string of the molecule is CCOC(=O)Cc1cccc(C(=O)CCCl)c1C. The molecule has 0 unspecified atom stereocenters. The molecule has 0 N–H and O–H groups in total. The number of hydrogen-bond acceptors (Lipinski definition) is 3. The Kier molecular flexibility index (Phi) is 5.86. The molecule has 0 amide bonds. The van der Waals surface area contributed by atoms with E-state index >= 15 is 0 Å². The lowest BCUT2D eigenvalue weighted by Gasteiger charge is -2.09. The Labute approximate surface area is 112 Å². The third-order valence-corrected chi connectivity index (χ3v) is 2.90. The smallest absolute Gasteiger partial charge is 0.310 e. The molecule has 0 bridgehead atoms. The number of halogens is 1. The van der Waals surface area contributed by atoms with E-state index in [0.717, 1.165) is 11.1 Å². The van der Waals surface area contributed by atoms with E-state index in [2.05, 4.69) is 0 Å². The fraction of sp³-hybridized carbons (Fsp3) is 0.429. The second-order valence-electron chi connectivity index (χ2n) is 3.93. The van der Waals surface area contributed by atoms with E-state index in [1.54, 1.807) is 19.1 Å². The van der Waals surface area contributed by atoms with Crippen LogP contribution in [0.25, 0.3) is 0 Å². The molecule has 1 aromatic rings. The van der Waals surface area contributed by atoms with Gasteiger partial charge < -0.3 is 4.74 Å². The van der Waals surface area contributed by atoms with Gasteiger partial charge in [0.1, 0.15) is 0 Å². The molecule has 1 rings (SSSR count). The zero-order valence-electron chi connectivity index (χ0n) is 10.7. The summed E-state index contributed by atoms with van der Waals surface area (Å²) in [7, 11) is 0. The van der Waals surface area contributed by atoms with Crippen LogP contribution in [-0.4, -0.2) is 24.2 Å². The van der Waals surface area contributed by atoms with E-state index < -0.39 is 0 Å². The normalized spacial score (nSPS) is 10.2. The number of benzene rings is 1. The minimum atomic E-state index is -0.275. The summed E-state index contributed by atoms with van der Waals surface area (Å²) in [6, 6.07) is 5.38. The second kappa shape index (κ2) is 7.17. The molecule has 0 fully saturated rings. The van der Waals surface area contributed by atoms with Crippen molar-refractivity contribution in [1.82, 2.24) is 0 Å². The van der Waals surface area contributed by atoms with E-state index in [1.807, 2.05) is 13.0 Å². The van der Waals surface area contributed by atoms with Gasteiger partial charge in [0.2, 0.25) is 0 Å². The minimum absolute atomic E-state index is 0.00760. The standard InChI is InChI=1S/C14H17ClO3/c1-3-18-14(17)9-11-5-4-6-12(10(11)2)13(16)7-8-15/h4-6H,3,7-9H2,1-2H3. The van der Waals surface area contributed by atoms with Crippen LogP contribution in [0.2, 0.25) is 0 Å². The first-order valence-electron chi connectivity index (χ1n) is 5.93. The molecule has 0 heterocycles. The number of ketones is 1. The summed E-state index contributed by atoms with van der Waals surface area (Å²) in [4.78, 5) is 23.3. The summed E-state index contributed by atoms with van der Waals surface area (Å²) in [6.45, 7) is 3.98. The largest absolute Gasteiger partial charge is 0.466 e. The van der Waals surface area contributed by atoms with Crippen LogP contribution >= 0.6 is 11.6 Å². The lowest BCUT2D eigenvalue weighted by atomic mass is 9.96. The van der Waals surface area contributed by atoms with Crippen molar-refractivity contribution in [2.45, 2.75) is 26.7 Å². The van der Waals surface area contributed by atoms with Crippen LogP contribution < -0.4 is 0 Å². The van der Waals surface area contributed by atoms with Gasteiger partial charge in [0.25, 0.3) is 0 Å². The van der Waals surface area contributed by atoms with Crippen LogP contribution in [0, 0.1) is 6.92 Å². The third-order valence-electron chi connectivity index (χ3n) is 2.71. The molecule has 0 radical (unpaired) electrons. The molecule has 4 heteroatoms. The molecular formula is C14H17ClO3. The van der Waals surface area contributed by atoms with Gasteiger partial charge in [0.15, 0.2) is 5.78 Å². The first-order valence-corrected chi connectivity index (χ1v) is 6.46. The summed E-state index contributed by atoms with van der Waals surface area (Å²) >= 11 is 5.57. The Hall–Kier alpha value is -1.35. The highest BCUT2D eigenvalue weighted by molar-refractivity contribution is 6.19. The van der Waals surface area contributed by atoms with Gasteiger partial charge >= 0.3 is 5.97 Å². The lowest BCUT2D eigenvalue weighted by Crippen LogP contribution is -2.11. The molecule has 0 aliphatic carbocycles. The van der Waals surface area contributed by atoms with Gasteiger partial charge in [-0.2, -0.15) is 0 Å². The molecule has 0 saturated carbocycles. The molecule has 0 aliphatic rings. The van der Waals surface area contributed by atoms with Crippen LogP contribution in [0.5, 0.6) is 0 Å². The van der Waals surface area contributed by atoms with Crippen LogP contribution in [-0.2, 0) is 16.0 Å². The summed E-state index contributed by atoms with van der Waals surface area (Å²) in [5.74, 6) is 0.0381. The predicted octanol–water partition coefficient (Wildman–Crippen LogP) is 2.91. The van der Waals surface area contributed by atoms with Crippen LogP contribution in [0.1, 0.15) is 34.8 Å². The van der Waals surface area contributed by atoms with Gasteiger partial charge in [-0.05, 0) is 25.0 Å². The summed E-state index contributed by atoms with van der Waals surface area (Å²) in [5.41, 5.74) is 2.30. The number of carbonyl (C=O) groups excluding carboxylic acids is 2. The second-order valence-corrected chi connectivity index (χ2v) is 4.31. The molecule has 0 saturated heterocycles. The molecule has 98 valence electrons. The Balaban J connectivity index is 2.91. The van der Waals surface area contributed by atoms with Crippen molar-refractivity contribution in [3.05, 3.63) is 34.9 Å². The third kappa shape index (κ3) is 3.84. The Bertz CT molecular complexity index is 441.